The van der Waals surface area contributed by atoms with Crippen molar-refractivity contribution in [1.82, 2.24) is 14.9 Å². The molecule has 1 aromatic rings. The topological polar surface area (TPSA) is 78.5 Å². The minimum Gasteiger partial charge on any atom is -0.334 e. The Hall–Kier alpha value is -1.67. The number of likely N-dealkylation sites (tertiary alicyclic amines) is 1. The van der Waals surface area contributed by atoms with Gasteiger partial charge in [-0.3, -0.25) is 0 Å². The summed E-state index contributed by atoms with van der Waals surface area (Å²) in [6.07, 6.45) is 1.79. The average molecular weight is 371 g/mol. The zero-order chi connectivity index (χ0) is 18.4. The fraction of sp³-hybridized carbons (Fsp3) is 0.588. The molecule has 1 aliphatic heterocycles. The Morgan fingerprint density at radius 1 is 1.32 bits per heavy atom. The number of benzene rings is 1. The summed E-state index contributed by atoms with van der Waals surface area (Å²) >= 11 is 0. The maximum Gasteiger partial charge on any atom is 0.317 e. The van der Waals surface area contributed by atoms with Gasteiger partial charge in [0.2, 0.25) is 10.0 Å². The van der Waals surface area contributed by atoms with E-state index in [1.165, 1.54) is 6.07 Å². The number of hydrogen-bond donors (Lipinski definition) is 2. The molecule has 1 saturated heterocycles. The van der Waals surface area contributed by atoms with Crippen molar-refractivity contribution in [3.8, 4) is 0 Å². The molecule has 0 radical (unpaired) electrons. The molecule has 0 aromatic heterocycles. The van der Waals surface area contributed by atoms with E-state index >= 15 is 0 Å². The van der Waals surface area contributed by atoms with Gasteiger partial charge in [0.25, 0.3) is 0 Å². The van der Waals surface area contributed by atoms with Crippen LogP contribution in [0.25, 0.3) is 0 Å². The van der Waals surface area contributed by atoms with Gasteiger partial charge in [0.1, 0.15) is 5.82 Å². The van der Waals surface area contributed by atoms with Gasteiger partial charge in [-0.1, -0.05) is 19.1 Å². The standard InChI is InChI=1S/C17H26FN3O3S/c1-3-10-25(23,24)20-15-6-8-21(9-7-15)17(22)19-12-14-4-5-16(18)13(2)11-14/h4-5,11,15,20H,3,6-10,12H2,1-2H3,(H,19,22). The minimum atomic E-state index is -3.22. The molecule has 0 aliphatic carbocycles. The Kier molecular flexibility index (Phi) is 6.78. The summed E-state index contributed by atoms with van der Waals surface area (Å²) in [6.45, 7) is 4.87. The average Bonchev–Trinajstić information content (AvgIpc) is 2.56. The number of piperidine rings is 1. The zero-order valence-electron chi connectivity index (χ0n) is 14.7. The first kappa shape index (κ1) is 19.7. The second kappa shape index (κ2) is 8.62. The summed E-state index contributed by atoms with van der Waals surface area (Å²) in [5, 5.41) is 2.82. The van der Waals surface area contributed by atoms with Crippen LogP contribution in [0, 0.1) is 12.7 Å². The van der Waals surface area contributed by atoms with Gasteiger partial charge in [0.05, 0.1) is 5.75 Å². The van der Waals surface area contributed by atoms with Gasteiger partial charge in [0.15, 0.2) is 0 Å². The summed E-state index contributed by atoms with van der Waals surface area (Å²) in [6, 6.07) is 4.46. The van der Waals surface area contributed by atoms with Crippen LogP contribution in [0.4, 0.5) is 9.18 Å². The van der Waals surface area contributed by atoms with E-state index in [1.54, 1.807) is 24.0 Å². The highest BCUT2D eigenvalue weighted by molar-refractivity contribution is 7.89. The Morgan fingerprint density at radius 3 is 2.60 bits per heavy atom. The third-order valence-corrected chi connectivity index (χ3v) is 5.91. The summed E-state index contributed by atoms with van der Waals surface area (Å²) in [5.41, 5.74) is 1.39. The summed E-state index contributed by atoms with van der Waals surface area (Å²) < 4.78 is 39.5. The second-order valence-corrected chi connectivity index (χ2v) is 8.31. The molecular weight excluding hydrogens is 345 g/mol. The molecule has 2 rings (SSSR count). The fourth-order valence-electron chi connectivity index (χ4n) is 2.89. The molecule has 2 N–H and O–H groups in total. The highest BCUT2D eigenvalue weighted by atomic mass is 32.2. The van der Waals surface area contributed by atoms with E-state index in [0.717, 1.165) is 5.56 Å². The van der Waals surface area contributed by atoms with Crippen LogP contribution in [0.2, 0.25) is 0 Å². The lowest BCUT2D eigenvalue weighted by atomic mass is 10.1. The van der Waals surface area contributed by atoms with Crippen molar-refractivity contribution in [3.63, 3.8) is 0 Å². The normalized spacial score (nSPS) is 16.0. The van der Waals surface area contributed by atoms with E-state index in [9.17, 15) is 17.6 Å². The van der Waals surface area contributed by atoms with E-state index in [1.807, 2.05) is 6.92 Å². The Bertz CT molecular complexity index is 701. The molecule has 1 aliphatic rings. The molecule has 1 aromatic carbocycles. The van der Waals surface area contributed by atoms with Gasteiger partial charge in [-0.15, -0.1) is 0 Å². The van der Waals surface area contributed by atoms with E-state index in [4.69, 9.17) is 0 Å². The number of aryl methyl sites for hydroxylation is 1. The van der Waals surface area contributed by atoms with Crippen molar-refractivity contribution in [2.24, 2.45) is 0 Å². The number of nitrogens with one attached hydrogen (secondary N) is 2. The van der Waals surface area contributed by atoms with E-state index in [-0.39, 0.29) is 23.6 Å². The number of halogens is 1. The van der Waals surface area contributed by atoms with Crippen LogP contribution < -0.4 is 10.0 Å². The molecule has 1 fully saturated rings. The minimum absolute atomic E-state index is 0.111. The van der Waals surface area contributed by atoms with Crippen molar-refractivity contribution in [1.29, 1.82) is 0 Å². The number of hydrogen-bond acceptors (Lipinski definition) is 3. The third kappa shape index (κ3) is 5.97. The first-order valence-corrected chi connectivity index (χ1v) is 10.2. The molecule has 0 saturated carbocycles. The number of carbonyl (C=O) groups is 1. The second-order valence-electron chi connectivity index (χ2n) is 6.44. The van der Waals surface area contributed by atoms with Crippen molar-refractivity contribution < 1.29 is 17.6 Å². The number of rotatable bonds is 6. The lowest BCUT2D eigenvalue weighted by Crippen LogP contribution is -2.49. The van der Waals surface area contributed by atoms with Crippen LogP contribution in [-0.4, -0.2) is 44.2 Å². The van der Waals surface area contributed by atoms with Gasteiger partial charge in [-0.2, -0.15) is 0 Å². The number of nitrogens with zero attached hydrogens (tertiary/aromatic N) is 1. The highest BCUT2D eigenvalue weighted by Crippen LogP contribution is 2.13. The predicted molar refractivity (Wildman–Crippen MR) is 95.2 cm³/mol. The fourth-order valence-corrected chi connectivity index (χ4v) is 4.29. The van der Waals surface area contributed by atoms with Gasteiger partial charge in [-0.05, 0) is 43.4 Å². The quantitative estimate of drug-likeness (QED) is 0.804. The first-order chi connectivity index (χ1) is 11.8. The third-order valence-electron chi connectivity index (χ3n) is 4.27. The van der Waals surface area contributed by atoms with Crippen molar-refractivity contribution in [2.75, 3.05) is 18.8 Å². The van der Waals surface area contributed by atoms with E-state index in [2.05, 4.69) is 10.0 Å². The number of urea groups is 1. The number of carbonyl (C=O) groups excluding carboxylic acids is 1. The Labute approximate surface area is 148 Å². The van der Waals surface area contributed by atoms with Crippen LogP contribution in [0.1, 0.15) is 37.3 Å². The predicted octanol–water partition coefficient (Wildman–Crippen LogP) is 2.14. The van der Waals surface area contributed by atoms with Crippen LogP contribution in [-0.2, 0) is 16.6 Å². The monoisotopic (exact) mass is 371 g/mol. The summed E-state index contributed by atoms with van der Waals surface area (Å²) in [5.74, 6) is -0.132. The SMILES string of the molecule is CCCS(=O)(=O)NC1CCN(C(=O)NCc2ccc(F)c(C)c2)CC1. The van der Waals surface area contributed by atoms with Gasteiger partial charge < -0.3 is 10.2 Å². The zero-order valence-corrected chi connectivity index (χ0v) is 15.5. The van der Waals surface area contributed by atoms with E-state index in [0.29, 0.717) is 44.5 Å². The number of sulfonamides is 1. The molecule has 8 heteroatoms. The molecule has 1 heterocycles. The first-order valence-electron chi connectivity index (χ1n) is 8.58. The molecule has 140 valence electrons. The lowest BCUT2D eigenvalue weighted by Gasteiger charge is -2.32. The molecule has 0 unspecified atom stereocenters. The number of amides is 2. The Balaban J connectivity index is 1.78. The summed E-state index contributed by atoms with van der Waals surface area (Å²) in [7, 11) is -3.22. The maximum atomic E-state index is 13.2. The van der Waals surface area contributed by atoms with Crippen LogP contribution in [0.5, 0.6) is 0 Å². The molecule has 25 heavy (non-hydrogen) atoms. The Morgan fingerprint density at radius 2 is 2.00 bits per heavy atom. The lowest BCUT2D eigenvalue weighted by molar-refractivity contribution is 0.179. The molecule has 0 bridgehead atoms. The van der Waals surface area contributed by atoms with Gasteiger partial charge in [-0.25, -0.2) is 22.3 Å². The van der Waals surface area contributed by atoms with Crippen LogP contribution >= 0.6 is 0 Å². The molecule has 0 spiro atoms. The molecule has 6 nitrogen and oxygen atoms in total. The largest absolute Gasteiger partial charge is 0.334 e. The van der Waals surface area contributed by atoms with Crippen molar-refractivity contribution >= 4 is 16.1 Å². The van der Waals surface area contributed by atoms with Crippen molar-refractivity contribution in [3.05, 3.63) is 35.1 Å². The molecular formula is C17H26FN3O3S. The van der Waals surface area contributed by atoms with Gasteiger partial charge >= 0.3 is 6.03 Å². The smallest absolute Gasteiger partial charge is 0.317 e. The maximum absolute atomic E-state index is 13.2. The highest BCUT2D eigenvalue weighted by Gasteiger charge is 2.25. The van der Waals surface area contributed by atoms with Crippen LogP contribution in [0.15, 0.2) is 18.2 Å². The van der Waals surface area contributed by atoms with Gasteiger partial charge in [0, 0.05) is 25.7 Å². The van der Waals surface area contributed by atoms with Crippen molar-refractivity contribution in [2.45, 2.75) is 45.7 Å². The van der Waals surface area contributed by atoms with Crippen LogP contribution in [0.3, 0.4) is 0 Å². The van der Waals surface area contributed by atoms with E-state index < -0.39 is 10.0 Å². The molecule has 2 amide bonds. The molecule has 0 atom stereocenters. The summed E-state index contributed by atoms with van der Waals surface area (Å²) in [4.78, 5) is 13.9.